The van der Waals surface area contributed by atoms with Crippen molar-refractivity contribution in [1.29, 1.82) is 0 Å². The second kappa shape index (κ2) is 5.97. The molecule has 3 aromatic rings. The van der Waals surface area contributed by atoms with Gasteiger partial charge in [0.2, 0.25) is 5.91 Å². The van der Waals surface area contributed by atoms with Gasteiger partial charge in [-0.3, -0.25) is 24.6 Å². The number of hydrogen-bond acceptors (Lipinski definition) is 6. The zero-order chi connectivity index (χ0) is 19.3. The molecule has 1 atom stereocenters. The Morgan fingerprint density at radius 1 is 1.07 bits per heavy atom. The van der Waals surface area contributed by atoms with Crippen LogP contribution in [0.2, 0.25) is 0 Å². The van der Waals surface area contributed by atoms with Crippen LogP contribution in [0.5, 0.6) is 0 Å². The molecule has 0 aliphatic carbocycles. The normalized spacial score (nSPS) is 14.6. The van der Waals surface area contributed by atoms with Crippen molar-refractivity contribution in [2.75, 3.05) is 5.32 Å². The zero-order valence-electron chi connectivity index (χ0n) is 14.9. The molecule has 9 heteroatoms. The lowest BCUT2D eigenvalue weighted by molar-refractivity contribution is -0.119. The summed E-state index contributed by atoms with van der Waals surface area (Å²) >= 11 is 0. The maximum atomic E-state index is 12.6. The molecule has 0 saturated carbocycles. The van der Waals surface area contributed by atoms with Gasteiger partial charge in [-0.15, -0.1) is 5.10 Å². The van der Waals surface area contributed by atoms with Crippen LogP contribution in [0.15, 0.2) is 30.3 Å². The molecule has 1 N–H and O–H groups in total. The summed E-state index contributed by atoms with van der Waals surface area (Å²) in [4.78, 5) is 47.0. The number of amides is 3. The molecule has 0 bridgehead atoms. The Kier molecular flexibility index (Phi) is 3.72. The maximum absolute atomic E-state index is 12.6. The van der Waals surface area contributed by atoms with Crippen LogP contribution in [-0.2, 0) is 4.79 Å². The summed E-state index contributed by atoms with van der Waals surface area (Å²) in [5.41, 5.74) is 2.19. The number of benzene rings is 1. The third-order valence-electron chi connectivity index (χ3n) is 4.45. The van der Waals surface area contributed by atoms with E-state index in [0.717, 1.165) is 16.3 Å². The molecule has 3 amide bonds. The molecule has 9 nitrogen and oxygen atoms in total. The molecule has 3 heterocycles. The van der Waals surface area contributed by atoms with E-state index in [1.165, 1.54) is 11.4 Å². The van der Waals surface area contributed by atoms with E-state index < -0.39 is 23.8 Å². The average molecular weight is 364 g/mol. The molecule has 1 aliphatic rings. The Balaban J connectivity index is 1.58. The van der Waals surface area contributed by atoms with Crippen molar-refractivity contribution in [3.05, 3.63) is 52.8 Å². The van der Waals surface area contributed by atoms with Gasteiger partial charge in [0.15, 0.2) is 0 Å². The van der Waals surface area contributed by atoms with E-state index in [4.69, 9.17) is 0 Å². The summed E-state index contributed by atoms with van der Waals surface area (Å²) in [5.74, 6) is -1.13. The number of hydrogen-bond donors (Lipinski definition) is 1. The van der Waals surface area contributed by atoms with Crippen molar-refractivity contribution >= 4 is 29.4 Å². The van der Waals surface area contributed by atoms with Gasteiger partial charge in [0, 0.05) is 11.4 Å². The summed E-state index contributed by atoms with van der Waals surface area (Å²) in [6.07, 6.45) is 0. The van der Waals surface area contributed by atoms with Crippen molar-refractivity contribution < 1.29 is 14.4 Å². The molecule has 0 radical (unpaired) electrons. The summed E-state index contributed by atoms with van der Waals surface area (Å²) in [5, 5.41) is 6.76. The van der Waals surface area contributed by atoms with Crippen LogP contribution in [0.25, 0.3) is 5.78 Å². The number of aromatic nitrogens is 4. The van der Waals surface area contributed by atoms with E-state index in [1.54, 1.807) is 24.3 Å². The van der Waals surface area contributed by atoms with Crippen LogP contribution in [0.1, 0.15) is 39.0 Å². The molecule has 4 rings (SSSR count). The predicted octanol–water partition coefficient (Wildman–Crippen LogP) is 1.36. The van der Waals surface area contributed by atoms with Crippen LogP contribution < -0.4 is 5.32 Å². The van der Waals surface area contributed by atoms with Crippen molar-refractivity contribution in [2.24, 2.45) is 0 Å². The standard InChI is InChI=1S/C18H16N6O3/c1-9-8-10(2)24-18(19-9)21-17(22-24)20-14(25)11(3)23-15(26)12-6-4-5-7-13(12)16(23)27/h4-8,11H,1-3H3,(H,20,22,25)/t11-/m1/s1. The van der Waals surface area contributed by atoms with Gasteiger partial charge >= 0.3 is 0 Å². The quantitative estimate of drug-likeness (QED) is 0.703. The SMILES string of the molecule is Cc1cc(C)n2nc(NC(=O)[C@@H](C)N3C(=O)c4ccccc4C3=O)nc2n1. The van der Waals surface area contributed by atoms with Gasteiger partial charge in [-0.25, -0.2) is 4.98 Å². The number of fused-ring (bicyclic) bond motifs is 2. The van der Waals surface area contributed by atoms with Gasteiger partial charge in [-0.05, 0) is 39.0 Å². The number of carbonyl (C=O) groups is 3. The second-order valence-electron chi connectivity index (χ2n) is 6.38. The molecular weight excluding hydrogens is 348 g/mol. The van der Waals surface area contributed by atoms with E-state index in [2.05, 4.69) is 20.4 Å². The fourth-order valence-corrected chi connectivity index (χ4v) is 3.11. The van der Waals surface area contributed by atoms with E-state index in [-0.39, 0.29) is 5.95 Å². The lowest BCUT2D eigenvalue weighted by Gasteiger charge is -2.20. The summed E-state index contributed by atoms with van der Waals surface area (Å²) in [6, 6.07) is 7.32. The Hall–Kier alpha value is -3.62. The van der Waals surface area contributed by atoms with Crippen LogP contribution >= 0.6 is 0 Å². The molecule has 0 unspecified atom stereocenters. The van der Waals surface area contributed by atoms with Crippen molar-refractivity contribution in [3.8, 4) is 0 Å². The van der Waals surface area contributed by atoms with E-state index >= 15 is 0 Å². The minimum absolute atomic E-state index is 0.0599. The first-order valence-electron chi connectivity index (χ1n) is 8.35. The largest absolute Gasteiger partial charge is 0.291 e. The maximum Gasteiger partial charge on any atom is 0.262 e. The smallest absolute Gasteiger partial charge is 0.262 e. The molecular formula is C18H16N6O3. The highest BCUT2D eigenvalue weighted by Gasteiger charge is 2.40. The van der Waals surface area contributed by atoms with Crippen LogP contribution in [-0.4, -0.2) is 48.2 Å². The molecule has 0 spiro atoms. The number of nitrogens with zero attached hydrogens (tertiary/aromatic N) is 5. The zero-order valence-corrected chi connectivity index (χ0v) is 14.9. The molecule has 1 aliphatic heterocycles. The number of nitrogens with one attached hydrogen (secondary N) is 1. The Morgan fingerprint density at radius 2 is 1.70 bits per heavy atom. The van der Waals surface area contributed by atoms with Crippen molar-refractivity contribution in [3.63, 3.8) is 0 Å². The lowest BCUT2D eigenvalue weighted by atomic mass is 10.1. The van der Waals surface area contributed by atoms with Crippen molar-refractivity contribution in [1.82, 2.24) is 24.5 Å². The summed E-state index contributed by atoms with van der Waals surface area (Å²) < 4.78 is 1.51. The lowest BCUT2D eigenvalue weighted by Crippen LogP contribution is -2.45. The average Bonchev–Trinajstić information content (AvgIpc) is 3.14. The molecule has 0 fully saturated rings. The van der Waals surface area contributed by atoms with E-state index in [0.29, 0.717) is 16.9 Å². The molecule has 2 aromatic heterocycles. The van der Waals surface area contributed by atoms with E-state index in [9.17, 15) is 14.4 Å². The van der Waals surface area contributed by atoms with Gasteiger partial charge in [-0.1, -0.05) is 12.1 Å². The minimum Gasteiger partial charge on any atom is -0.291 e. The van der Waals surface area contributed by atoms with Crippen LogP contribution in [0.3, 0.4) is 0 Å². The summed E-state index contributed by atoms with van der Waals surface area (Å²) in [6.45, 7) is 5.17. The van der Waals surface area contributed by atoms with Crippen molar-refractivity contribution in [2.45, 2.75) is 26.8 Å². The Labute approximate surface area is 154 Å². The topological polar surface area (TPSA) is 110 Å². The first-order valence-corrected chi connectivity index (χ1v) is 8.35. The van der Waals surface area contributed by atoms with Crippen LogP contribution in [0, 0.1) is 13.8 Å². The minimum atomic E-state index is -1.01. The Morgan fingerprint density at radius 3 is 2.33 bits per heavy atom. The number of anilines is 1. The first kappa shape index (κ1) is 16.8. The van der Waals surface area contributed by atoms with Gasteiger partial charge in [0.05, 0.1) is 11.1 Å². The van der Waals surface area contributed by atoms with E-state index in [1.807, 2.05) is 19.9 Å². The molecule has 136 valence electrons. The fraction of sp³-hybridized carbons (Fsp3) is 0.222. The summed E-state index contributed by atoms with van der Waals surface area (Å²) in [7, 11) is 0. The Bertz CT molecular complexity index is 1080. The van der Waals surface area contributed by atoms with Gasteiger partial charge in [0.1, 0.15) is 6.04 Å². The third kappa shape index (κ3) is 2.64. The van der Waals surface area contributed by atoms with Crippen LogP contribution in [0.4, 0.5) is 5.95 Å². The number of rotatable bonds is 3. The first-order chi connectivity index (χ1) is 12.9. The predicted molar refractivity (Wildman–Crippen MR) is 95.3 cm³/mol. The molecule has 0 saturated heterocycles. The number of imide groups is 1. The second-order valence-corrected chi connectivity index (χ2v) is 6.38. The number of aryl methyl sites for hydroxylation is 2. The fourth-order valence-electron chi connectivity index (χ4n) is 3.11. The molecule has 1 aromatic carbocycles. The molecule has 27 heavy (non-hydrogen) atoms. The highest BCUT2D eigenvalue weighted by molar-refractivity contribution is 6.23. The number of carbonyl (C=O) groups excluding carboxylic acids is 3. The third-order valence-corrected chi connectivity index (χ3v) is 4.45. The highest BCUT2D eigenvalue weighted by atomic mass is 16.2. The van der Waals surface area contributed by atoms with Gasteiger partial charge in [-0.2, -0.15) is 9.50 Å². The monoisotopic (exact) mass is 364 g/mol. The highest BCUT2D eigenvalue weighted by Crippen LogP contribution is 2.24. The van der Waals surface area contributed by atoms with Gasteiger partial charge < -0.3 is 0 Å². The van der Waals surface area contributed by atoms with Gasteiger partial charge in [0.25, 0.3) is 23.5 Å².